The molecule has 0 aromatic carbocycles. The zero-order valence-electron chi connectivity index (χ0n) is 5.37. The molecule has 0 saturated heterocycles. The molecule has 0 amide bonds. The van der Waals surface area contributed by atoms with Crippen molar-refractivity contribution < 1.29 is 0 Å². The van der Waals surface area contributed by atoms with Crippen molar-refractivity contribution in [2.24, 2.45) is 0 Å². The monoisotopic (exact) mass is 198 g/mol. The van der Waals surface area contributed by atoms with E-state index < -0.39 is 0 Å². The first-order valence-corrected chi connectivity index (χ1v) is 4.03. The van der Waals surface area contributed by atoms with E-state index >= 15 is 0 Å². The van der Waals surface area contributed by atoms with Crippen LogP contribution in [0.25, 0.3) is 6.08 Å². The van der Waals surface area contributed by atoms with Crippen LogP contribution in [0, 0.1) is 0 Å². The van der Waals surface area contributed by atoms with Crippen LogP contribution in [-0.4, -0.2) is 15.3 Å². The lowest BCUT2D eigenvalue weighted by atomic mass is 10.3. The molecule has 0 unspecified atom stereocenters. The highest BCUT2D eigenvalue weighted by molar-refractivity contribution is 9.09. The van der Waals surface area contributed by atoms with Crippen molar-refractivity contribution in [2.75, 3.05) is 5.33 Å². The minimum atomic E-state index is 0.863. The van der Waals surface area contributed by atoms with Gasteiger partial charge in [0.25, 0.3) is 0 Å². The molecule has 10 heavy (non-hydrogen) atoms. The summed E-state index contributed by atoms with van der Waals surface area (Å²) in [5.74, 6) is 0. The zero-order valence-corrected chi connectivity index (χ0v) is 6.95. The van der Waals surface area contributed by atoms with E-state index in [4.69, 9.17) is 0 Å². The minimum absolute atomic E-state index is 0.863. The van der Waals surface area contributed by atoms with Crippen LogP contribution < -0.4 is 0 Å². The number of nitrogens with zero attached hydrogens (tertiary/aromatic N) is 2. The van der Waals surface area contributed by atoms with Gasteiger partial charge in [-0.3, -0.25) is 0 Å². The Morgan fingerprint density at radius 1 is 1.40 bits per heavy atom. The third-order valence-corrected chi connectivity index (χ3v) is 1.35. The van der Waals surface area contributed by atoms with Crippen LogP contribution in [0.4, 0.5) is 0 Å². The van der Waals surface area contributed by atoms with Gasteiger partial charge in [0.15, 0.2) is 0 Å². The second-order valence-electron chi connectivity index (χ2n) is 1.73. The van der Waals surface area contributed by atoms with Gasteiger partial charge in [0, 0.05) is 23.3 Å². The van der Waals surface area contributed by atoms with Crippen molar-refractivity contribution >= 4 is 22.0 Å². The number of rotatable bonds is 2. The molecule has 0 spiro atoms. The molecule has 3 heteroatoms. The Morgan fingerprint density at radius 2 is 2.10 bits per heavy atom. The number of allylic oxidation sites excluding steroid dienone is 1. The molecule has 0 N–H and O–H groups in total. The molecule has 0 aliphatic carbocycles. The summed E-state index contributed by atoms with van der Waals surface area (Å²) in [6.07, 6.45) is 9.03. The van der Waals surface area contributed by atoms with Gasteiger partial charge in [0.05, 0.1) is 0 Å². The molecule has 1 aromatic heterocycles. The van der Waals surface area contributed by atoms with E-state index in [-0.39, 0.29) is 0 Å². The van der Waals surface area contributed by atoms with Crippen LogP contribution in [0.5, 0.6) is 0 Å². The quantitative estimate of drug-likeness (QED) is 0.679. The van der Waals surface area contributed by atoms with Gasteiger partial charge in [-0.05, 0) is 0 Å². The van der Waals surface area contributed by atoms with Crippen molar-refractivity contribution in [2.45, 2.75) is 0 Å². The highest BCUT2D eigenvalue weighted by atomic mass is 79.9. The fourth-order valence-corrected chi connectivity index (χ4v) is 0.764. The Hall–Kier alpha value is -0.700. The molecular weight excluding hydrogens is 192 g/mol. The van der Waals surface area contributed by atoms with Gasteiger partial charge in [0.2, 0.25) is 0 Å². The van der Waals surface area contributed by atoms with Gasteiger partial charge in [-0.1, -0.05) is 28.1 Å². The SMILES string of the molecule is BrCC=Cc1cncnc1. The van der Waals surface area contributed by atoms with E-state index in [2.05, 4.69) is 25.9 Å². The van der Waals surface area contributed by atoms with Crippen molar-refractivity contribution in [3.63, 3.8) is 0 Å². The standard InChI is InChI=1S/C7H7BrN2/c8-3-1-2-7-4-9-6-10-5-7/h1-2,4-6H,3H2. The molecule has 1 rings (SSSR count). The first kappa shape index (κ1) is 7.41. The van der Waals surface area contributed by atoms with Crippen LogP contribution in [0.3, 0.4) is 0 Å². The summed E-state index contributed by atoms with van der Waals surface area (Å²) in [6.45, 7) is 0. The van der Waals surface area contributed by atoms with Crippen LogP contribution >= 0.6 is 15.9 Å². The number of hydrogen-bond donors (Lipinski definition) is 0. The fourth-order valence-electron chi connectivity index (χ4n) is 0.577. The molecule has 1 heterocycles. The number of hydrogen-bond acceptors (Lipinski definition) is 2. The normalized spacial score (nSPS) is 10.5. The third kappa shape index (κ3) is 2.27. The summed E-state index contributed by atoms with van der Waals surface area (Å²) >= 11 is 3.28. The molecule has 0 aliphatic rings. The predicted molar refractivity (Wildman–Crippen MR) is 44.9 cm³/mol. The second kappa shape index (κ2) is 4.17. The van der Waals surface area contributed by atoms with E-state index in [1.54, 1.807) is 12.4 Å². The van der Waals surface area contributed by atoms with E-state index in [1.807, 2.05) is 12.2 Å². The smallest absolute Gasteiger partial charge is 0.115 e. The van der Waals surface area contributed by atoms with Crippen molar-refractivity contribution in [1.29, 1.82) is 0 Å². The summed E-state index contributed by atoms with van der Waals surface area (Å²) in [4.78, 5) is 7.72. The molecule has 0 fully saturated rings. The lowest BCUT2D eigenvalue weighted by Crippen LogP contribution is -1.77. The Kier molecular flexibility index (Phi) is 3.09. The number of aromatic nitrogens is 2. The lowest BCUT2D eigenvalue weighted by Gasteiger charge is -1.86. The molecule has 0 aliphatic heterocycles. The highest BCUT2D eigenvalue weighted by Crippen LogP contribution is 1.96. The maximum atomic E-state index is 3.86. The maximum Gasteiger partial charge on any atom is 0.115 e. The van der Waals surface area contributed by atoms with Gasteiger partial charge >= 0.3 is 0 Å². The summed E-state index contributed by atoms with van der Waals surface area (Å²) in [6, 6.07) is 0. The van der Waals surface area contributed by atoms with Crippen LogP contribution in [0.2, 0.25) is 0 Å². The predicted octanol–water partition coefficient (Wildman–Crippen LogP) is 1.88. The molecule has 2 nitrogen and oxygen atoms in total. The van der Waals surface area contributed by atoms with E-state index in [1.165, 1.54) is 6.33 Å². The third-order valence-electron chi connectivity index (χ3n) is 0.980. The molecule has 0 atom stereocenters. The summed E-state index contributed by atoms with van der Waals surface area (Å²) in [5, 5.41) is 0.863. The Balaban J connectivity index is 2.67. The molecule has 0 saturated carbocycles. The lowest BCUT2D eigenvalue weighted by molar-refractivity contribution is 1.16. The average Bonchev–Trinajstić information content (AvgIpc) is 2.03. The van der Waals surface area contributed by atoms with Crippen molar-refractivity contribution in [3.05, 3.63) is 30.4 Å². The first-order valence-electron chi connectivity index (χ1n) is 2.91. The second-order valence-corrected chi connectivity index (χ2v) is 2.38. The van der Waals surface area contributed by atoms with E-state index in [9.17, 15) is 0 Å². The first-order chi connectivity index (χ1) is 4.93. The average molecular weight is 199 g/mol. The summed E-state index contributed by atoms with van der Waals surface area (Å²) in [7, 11) is 0. The zero-order chi connectivity index (χ0) is 7.23. The van der Waals surface area contributed by atoms with Gasteiger partial charge in [0.1, 0.15) is 6.33 Å². The molecule has 0 bridgehead atoms. The Labute approximate surface area is 68.1 Å². The van der Waals surface area contributed by atoms with Crippen LogP contribution in [0.1, 0.15) is 5.56 Å². The molecular formula is C7H7BrN2. The van der Waals surface area contributed by atoms with Gasteiger partial charge in [-0.15, -0.1) is 0 Å². The Bertz CT molecular complexity index is 208. The Morgan fingerprint density at radius 3 is 2.70 bits per heavy atom. The van der Waals surface area contributed by atoms with E-state index in [0.29, 0.717) is 0 Å². The number of halogens is 1. The molecule has 1 aromatic rings. The van der Waals surface area contributed by atoms with Crippen LogP contribution in [0.15, 0.2) is 24.8 Å². The van der Waals surface area contributed by atoms with E-state index in [0.717, 1.165) is 10.9 Å². The van der Waals surface area contributed by atoms with Crippen molar-refractivity contribution in [3.8, 4) is 0 Å². The minimum Gasteiger partial charge on any atom is -0.244 e. The fraction of sp³-hybridized carbons (Fsp3) is 0.143. The number of alkyl halides is 1. The van der Waals surface area contributed by atoms with Crippen molar-refractivity contribution in [1.82, 2.24) is 9.97 Å². The summed E-state index contributed by atoms with van der Waals surface area (Å²) in [5.41, 5.74) is 1.03. The van der Waals surface area contributed by atoms with Gasteiger partial charge in [-0.2, -0.15) is 0 Å². The highest BCUT2D eigenvalue weighted by Gasteiger charge is 1.81. The molecule has 0 radical (unpaired) electrons. The van der Waals surface area contributed by atoms with Gasteiger partial charge < -0.3 is 0 Å². The largest absolute Gasteiger partial charge is 0.244 e. The molecule has 52 valence electrons. The van der Waals surface area contributed by atoms with Crippen LogP contribution in [-0.2, 0) is 0 Å². The summed E-state index contributed by atoms with van der Waals surface area (Å²) < 4.78 is 0. The topological polar surface area (TPSA) is 25.8 Å². The maximum absolute atomic E-state index is 3.86. The van der Waals surface area contributed by atoms with Gasteiger partial charge in [-0.25, -0.2) is 9.97 Å².